The molecule has 2 saturated heterocycles. The Kier molecular flexibility index (Phi) is 6.66. The molecular weight excluding hydrogens is 528 g/mol. The quantitative estimate of drug-likeness (QED) is 0.475. The lowest BCUT2D eigenvalue weighted by Crippen LogP contribution is -2.43. The van der Waals surface area contributed by atoms with E-state index >= 15 is 0 Å². The molecule has 0 spiro atoms. The highest BCUT2D eigenvalue weighted by Gasteiger charge is 2.56. The molecular formula is C33H36N6O3. The second-order valence-corrected chi connectivity index (χ2v) is 11.9. The van der Waals surface area contributed by atoms with Gasteiger partial charge in [-0.25, -0.2) is 4.99 Å². The fourth-order valence-electron chi connectivity index (χ4n) is 6.96. The Morgan fingerprint density at radius 1 is 1.19 bits per heavy atom. The molecule has 1 unspecified atom stereocenters. The number of benzene rings is 1. The van der Waals surface area contributed by atoms with E-state index in [0.29, 0.717) is 49.8 Å². The normalized spacial score (nSPS) is 24.6. The number of piperidine rings is 1. The number of H-pyrrole nitrogens is 1. The zero-order chi connectivity index (χ0) is 28.8. The summed E-state index contributed by atoms with van der Waals surface area (Å²) in [5.74, 6) is 0.823. The smallest absolute Gasteiger partial charge is 0.248 e. The topological polar surface area (TPSA) is 117 Å². The van der Waals surface area contributed by atoms with Gasteiger partial charge in [0, 0.05) is 61.0 Å². The number of rotatable bonds is 7. The number of aromatic amines is 1. The number of nitrogens with one attached hydrogen (secondary N) is 2. The number of nitriles is 1. The van der Waals surface area contributed by atoms with Crippen molar-refractivity contribution >= 4 is 17.2 Å². The summed E-state index contributed by atoms with van der Waals surface area (Å²) >= 11 is 0. The highest BCUT2D eigenvalue weighted by Crippen LogP contribution is 2.63. The highest BCUT2D eigenvalue weighted by molar-refractivity contribution is 5.78. The average Bonchev–Trinajstić information content (AvgIpc) is 3.32. The number of carbonyl (C=O) groups is 1. The lowest BCUT2D eigenvalue weighted by atomic mass is 9.90. The van der Waals surface area contributed by atoms with Crippen LogP contribution in [-0.2, 0) is 4.79 Å². The van der Waals surface area contributed by atoms with Gasteiger partial charge in [-0.1, -0.05) is 24.8 Å². The molecule has 42 heavy (non-hydrogen) atoms. The van der Waals surface area contributed by atoms with E-state index in [9.17, 15) is 10.1 Å². The number of likely N-dealkylation sites (tertiary alicyclic amines) is 2. The summed E-state index contributed by atoms with van der Waals surface area (Å²) in [5.41, 5.74) is 6.63. The number of hydrogen-bond acceptors (Lipinski definition) is 7. The van der Waals surface area contributed by atoms with E-state index in [0.717, 1.165) is 47.2 Å². The van der Waals surface area contributed by atoms with Gasteiger partial charge in [0.2, 0.25) is 5.91 Å². The summed E-state index contributed by atoms with van der Waals surface area (Å²) in [7, 11) is 0. The Morgan fingerprint density at radius 3 is 2.76 bits per heavy atom. The molecule has 1 aromatic heterocycles. The van der Waals surface area contributed by atoms with Crippen LogP contribution in [-0.4, -0.2) is 71.4 Å². The van der Waals surface area contributed by atoms with E-state index in [4.69, 9.17) is 14.8 Å². The molecule has 0 bridgehead atoms. The second kappa shape index (κ2) is 10.5. The van der Waals surface area contributed by atoms with Crippen LogP contribution in [0.25, 0.3) is 11.3 Å². The third kappa shape index (κ3) is 4.60. The van der Waals surface area contributed by atoms with Crippen molar-refractivity contribution in [2.45, 2.75) is 38.2 Å². The minimum atomic E-state index is -0.472. The van der Waals surface area contributed by atoms with Gasteiger partial charge in [0.25, 0.3) is 0 Å². The Balaban J connectivity index is 1.15. The van der Waals surface area contributed by atoms with Crippen LogP contribution >= 0.6 is 0 Å². The van der Waals surface area contributed by atoms with Gasteiger partial charge in [-0.3, -0.25) is 4.79 Å². The molecule has 0 radical (unpaired) electrons. The number of hydrogen-bond donors (Lipinski definition) is 3. The number of aliphatic hydroxyl groups is 1. The monoisotopic (exact) mass is 564 g/mol. The van der Waals surface area contributed by atoms with Crippen molar-refractivity contribution in [1.82, 2.24) is 20.1 Å². The Hall–Kier alpha value is -4.29. The summed E-state index contributed by atoms with van der Waals surface area (Å²) in [6.07, 6.45) is 11.8. The van der Waals surface area contributed by atoms with E-state index in [1.165, 1.54) is 24.1 Å². The van der Waals surface area contributed by atoms with Gasteiger partial charge in [0.1, 0.15) is 36.7 Å². The van der Waals surface area contributed by atoms with Crippen molar-refractivity contribution in [1.29, 1.82) is 5.26 Å². The van der Waals surface area contributed by atoms with Gasteiger partial charge in [0.15, 0.2) is 0 Å². The van der Waals surface area contributed by atoms with Crippen LogP contribution in [0.4, 0.5) is 0 Å². The summed E-state index contributed by atoms with van der Waals surface area (Å²) in [6, 6.07) is 10.2. The first-order valence-corrected chi connectivity index (χ1v) is 15.0. The number of carbonyl (C=O) groups excluding carboxylic acids is 1. The lowest BCUT2D eigenvalue weighted by Gasteiger charge is -2.32. The van der Waals surface area contributed by atoms with Gasteiger partial charge in [-0.05, 0) is 60.6 Å². The molecule has 3 N–H and O–H groups in total. The summed E-state index contributed by atoms with van der Waals surface area (Å²) in [6.45, 7) is 7.80. The predicted molar refractivity (Wildman–Crippen MR) is 158 cm³/mol. The number of fused-ring (bicyclic) bond motifs is 2. The van der Waals surface area contributed by atoms with Crippen LogP contribution in [0.15, 0.2) is 59.8 Å². The molecule has 3 fully saturated rings. The molecule has 7 rings (SSSR count). The third-order valence-electron chi connectivity index (χ3n) is 9.49. The highest BCUT2D eigenvalue weighted by atomic mass is 16.5. The van der Waals surface area contributed by atoms with Gasteiger partial charge in [-0.15, -0.1) is 0 Å². The minimum Gasteiger partial charge on any atom is -0.489 e. The van der Waals surface area contributed by atoms with Crippen LogP contribution in [0, 0.1) is 22.7 Å². The van der Waals surface area contributed by atoms with E-state index in [1.807, 2.05) is 18.2 Å². The maximum absolute atomic E-state index is 11.8. The molecule has 1 saturated carbocycles. The molecule has 4 heterocycles. The molecule has 5 aliphatic rings. The van der Waals surface area contributed by atoms with Gasteiger partial charge in [-0.2, -0.15) is 5.26 Å². The molecule has 1 amide bonds. The molecule has 216 valence electrons. The maximum Gasteiger partial charge on any atom is 0.248 e. The molecule has 9 heteroatoms. The van der Waals surface area contributed by atoms with E-state index in [1.54, 1.807) is 4.90 Å². The van der Waals surface area contributed by atoms with Gasteiger partial charge >= 0.3 is 0 Å². The van der Waals surface area contributed by atoms with E-state index in [2.05, 4.69) is 52.1 Å². The van der Waals surface area contributed by atoms with Crippen molar-refractivity contribution in [3.05, 3.63) is 82.3 Å². The SMILES string of the molecule is C=C(N1CCCC1)C12C=C(c3cc4c([nH]3)=NCNC=4c3ccc(OC4CCN(C(=O)CO)CC4)c(C#N)c3)C=C[C@@H]1C2. The van der Waals surface area contributed by atoms with Crippen LogP contribution in [0.3, 0.4) is 0 Å². The Labute approximate surface area is 245 Å². The predicted octanol–water partition coefficient (Wildman–Crippen LogP) is 2.15. The van der Waals surface area contributed by atoms with Crippen molar-refractivity contribution in [3.63, 3.8) is 0 Å². The van der Waals surface area contributed by atoms with Crippen LogP contribution in [0.2, 0.25) is 0 Å². The van der Waals surface area contributed by atoms with Crippen LogP contribution < -0.4 is 20.8 Å². The van der Waals surface area contributed by atoms with Crippen molar-refractivity contribution < 1.29 is 14.6 Å². The molecule has 9 nitrogen and oxygen atoms in total. The standard InChI is InChI=1S/C33H36N6O3/c1-21(38-10-2-3-11-38)33-16-23(4-6-25(33)17-33)28-15-27-31(35-20-36-32(27)37-28)22-5-7-29(24(14-22)18-34)42-26-8-12-39(13-9-26)30(41)19-40/h4-7,14-16,25-26,35,40H,1-3,8-13,17,19-20H2,(H,36,37)/t25-,33?/m1/s1. The third-order valence-corrected chi connectivity index (χ3v) is 9.49. The largest absolute Gasteiger partial charge is 0.489 e. The Morgan fingerprint density at radius 2 is 2.00 bits per heavy atom. The number of amides is 1. The number of aromatic nitrogens is 1. The fraction of sp³-hybridized carbons (Fsp3) is 0.424. The number of nitrogens with zero attached hydrogens (tertiary/aromatic N) is 4. The zero-order valence-electron chi connectivity index (χ0n) is 23.7. The molecule has 1 aromatic carbocycles. The number of ether oxygens (including phenoxy) is 1. The first-order valence-electron chi connectivity index (χ1n) is 15.0. The minimum absolute atomic E-state index is 0.0322. The van der Waals surface area contributed by atoms with Gasteiger partial charge in [0.05, 0.1) is 11.3 Å². The average molecular weight is 565 g/mol. The summed E-state index contributed by atoms with van der Waals surface area (Å²) in [4.78, 5) is 24.1. The second-order valence-electron chi connectivity index (χ2n) is 11.9. The van der Waals surface area contributed by atoms with E-state index < -0.39 is 6.61 Å². The van der Waals surface area contributed by atoms with Crippen molar-refractivity contribution in [2.75, 3.05) is 39.5 Å². The first kappa shape index (κ1) is 26.6. The van der Waals surface area contributed by atoms with Crippen LogP contribution in [0.5, 0.6) is 5.75 Å². The lowest BCUT2D eigenvalue weighted by molar-refractivity contribution is -0.135. The number of aliphatic hydroxyl groups excluding tert-OH is 1. The molecule has 2 atom stereocenters. The molecule has 2 aliphatic carbocycles. The summed E-state index contributed by atoms with van der Waals surface area (Å²) < 4.78 is 6.21. The van der Waals surface area contributed by atoms with Crippen molar-refractivity contribution in [2.24, 2.45) is 16.3 Å². The summed E-state index contributed by atoms with van der Waals surface area (Å²) in [5, 5.41) is 23.5. The van der Waals surface area contributed by atoms with E-state index in [-0.39, 0.29) is 17.4 Å². The fourth-order valence-corrected chi connectivity index (χ4v) is 6.96. The zero-order valence-corrected chi connectivity index (χ0v) is 23.7. The molecule has 2 aromatic rings. The first-order chi connectivity index (χ1) is 20.5. The van der Waals surface area contributed by atoms with Crippen LogP contribution in [0.1, 0.15) is 48.9 Å². The maximum atomic E-state index is 11.8. The molecule has 3 aliphatic heterocycles. The van der Waals surface area contributed by atoms with Gasteiger partial charge < -0.3 is 29.9 Å². The van der Waals surface area contributed by atoms with Crippen molar-refractivity contribution in [3.8, 4) is 11.8 Å². The Bertz CT molecular complexity index is 1670. The number of allylic oxidation sites excluding steroid dienone is 4.